The maximum absolute atomic E-state index is 11.3. The zero-order chi connectivity index (χ0) is 19.8. The van der Waals surface area contributed by atoms with Gasteiger partial charge in [0, 0.05) is 0 Å². The predicted octanol–water partition coefficient (Wildman–Crippen LogP) is 7.53. The van der Waals surface area contributed by atoms with E-state index in [9.17, 15) is 14.4 Å². The first-order valence-electron chi connectivity index (χ1n) is 11.8. The van der Waals surface area contributed by atoms with Gasteiger partial charge in [-0.1, -0.05) is 110 Å². The Bertz CT molecular complexity index is 377. The normalized spacial score (nSPS) is 17.3. The highest BCUT2D eigenvalue weighted by atomic mass is 31.2. The van der Waals surface area contributed by atoms with E-state index < -0.39 is 7.82 Å². The largest absolute Gasteiger partial charge is 0.469 e. The van der Waals surface area contributed by atoms with Gasteiger partial charge in [-0.2, -0.15) is 0 Å². The summed E-state index contributed by atoms with van der Waals surface area (Å²) < 4.78 is 16.4. The minimum atomic E-state index is -4.37. The molecule has 0 aromatic heterocycles. The van der Waals surface area contributed by atoms with Crippen LogP contribution in [0.25, 0.3) is 0 Å². The second kappa shape index (κ2) is 16.0. The third-order valence-electron chi connectivity index (χ3n) is 6.04. The molecule has 0 saturated heterocycles. The van der Waals surface area contributed by atoms with Gasteiger partial charge >= 0.3 is 7.82 Å². The van der Waals surface area contributed by atoms with Gasteiger partial charge in [0.1, 0.15) is 0 Å². The van der Waals surface area contributed by atoms with Crippen LogP contribution in [0.15, 0.2) is 0 Å². The lowest BCUT2D eigenvalue weighted by molar-refractivity contribution is 0.0631. The molecule has 1 aliphatic rings. The minimum absolute atomic E-state index is 0.251. The summed E-state index contributed by atoms with van der Waals surface area (Å²) in [6.07, 6.45) is 23.4. The molecule has 162 valence electrons. The lowest BCUT2D eigenvalue weighted by Gasteiger charge is -2.30. The van der Waals surface area contributed by atoms with Crippen molar-refractivity contribution in [1.29, 1.82) is 0 Å². The quantitative estimate of drug-likeness (QED) is 0.194. The minimum Gasteiger partial charge on any atom is -0.303 e. The van der Waals surface area contributed by atoms with Gasteiger partial charge in [-0.25, -0.2) is 4.57 Å². The lowest BCUT2D eigenvalue weighted by Crippen LogP contribution is -2.25. The fourth-order valence-electron chi connectivity index (χ4n) is 4.42. The zero-order valence-electron chi connectivity index (χ0n) is 17.7. The summed E-state index contributed by atoms with van der Waals surface area (Å²) in [7, 11) is -4.37. The molecule has 0 radical (unpaired) electrons. The topological polar surface area (TPSA) is 66.8 Å². The maximum Gasteiger partial charge on any atom is 0.469 e. The molecule has 0 aromatic rings. The number of phosphoric acid groups is 1. The number of hydrogen-bond donors (Lipinski definition) is 2. The Morgan fingerprint density at radius 3 is 1.67 bits per heavy atom. The van der Waals surface area contributed by atoms with Crippen LogP contribution in [-0.2, 0) is 9.09 Å². The average molecular weight is 405 g/mol. The molecule has 1 rings (SSSR count). The Balaban J connectivity index is 2.01. The predicted molar refractivity (Wildman–Crippen MR) is 114 cm³/mol. The highest BCUT2D eigenvalue weighted by Gasteiger charge is 2.29. The molecule has 0 amide bonds. The van der Waals surface area contributed by atoms with Crippen LogP contribution >= 0.6 is 7.82 Å². The molecule has 0 aromatic carbocycles. The van der Waals surface area contributed by atoms with Crippen molar-refractivity contribution in [3.63, 3.8) is 0 Å². The second-order valence-electron chi connectivity index (χ2n) is 8.56. The van der Waals surface area contributed by atoms with Gasteiger partial charge in [0.15, 0.2) is 0 Å². The van der Waals surface area contributed by atoms with E-state index >= 15 is 0 Å². The molecule has 27 heavy (non-hydrogen) atoms. The molecule has 1 saturated carbocycles. The smallest absolute Gasteiger partial charge is 0.303 e. The van der Waals surface area contributed by atoms with Crippen molar-refractivity contribution < 1.29 is 18.9 Å². The highest BCUT2D eigenvalue weighted by molar-refractivity contribution is 7.46. The van der Waals surface area contributed by atoms with Crippen LogP contribution in [0.5, 0.6) is 0 Å². The molecule has 1 aliphatic carbocycles. The first-order chi connectivity index (χ1) is 13.0. The standard InChI is InChI=1S/C22H45O4P/c1-2-3-4-5-6-7-8-9-10-11-12-13-17-20-22(26-27(23,24)25)21-18-15-14-16-19-21/h21-22H,2-20H2,1H3,(H2,23,24,25). The molecule has 1 unspecified atom stereocenters. The third-order valence-corrected chi connectivity index (χ3v) is 6.59. The van der Waals surface area contributed by atoms with Crippen molar-refractivity contribution in [2.45, 2.75) is 135 Å². The highest BCUT2D eigenvalue weighted by Crippen LogP contribution is 2.43. The molecule has 0 bridgehead atoms. The molecule has 1 atom stereocenters. The van der Waals surface area contributed by atoms with Crippen molar-refractivity contribution in [3.05, 3.63) is 0 Å². The Morgan fingerprint density at radius 2 is 1.22 bits per heavy atom. The van der Waals surface area contributed by atoms with Crippen molar-refractivity contribution in [1.82, 2.24) is 0 Å². The molecular weight excluding hydrogens is 359 g/mol. The van der Waals surface area contributed by atoms with Gasteiger partial charge in [0.25, 0.3) is 0 Å². The van der Waals surface area contributed by atoms with E-state index in [0.29, 0.717) is 5.92 Å². The first kappa shape index (κ1) is 25.1. The summed E-state index contributed by atoms with van der Waals surface area (Å²) in [6, 6.07) is 0. The Hall–Kier alpha value is 0.110. The van der Waals surface area contributed by atoms with E-state index in [0.717, 1.165) is 32.1 Å². The van der Waals surface area contributed by atoms with Gasteiger partial charge in [-0.3, -0.25) is 4.52 Å². The van der Waals surface area contributed by atoms with E-state index in [2.05, 4.69) is 6.92 Å². The maximum atomic E-state index is 11.3. The van der Waals surface area contributed by atoms with Crippen LogP contribution in [0.2, 0.25) is 0 Å². The molecule has 0 heterocycles. The van der Waals surface area contributed by atoms with Gasteiger partial charge in [0.05, 0.1) is 6.10 Å². The summed E-state index contributed by atoms with van der Waals surface area (Å²) in [4.78, 5) is 18.4. The first-order valence-corrected chi connectivity index (χ1v) is 13.3. The number of unbranched alkanes of at least 4 members (excludes halogenated alkanes) is 12. The van der Waals surface area contributed by atoms with Crippen molar-refractivity contribution in [2.24, 2.45) is 5.92 Å². The lowest BCUT2D eigenvalue weighted by atomic mass is 9.83. The molecule has 1 fully saturated rings. The van der Waals surface area contributed by atoms with E-state index in [1.54, 1.807) is 0 Å². The summed E-state index contributed by atoms with van der Waals surface area (Å²) >= 11 is 0. The SMILES string of the molecule is CCCCCCCCCCCCCCCC(OP(=O)(O)O)C1CCCCC1. The van der Waals surface area contributed by atoms with Crippen LogP contribution in [0.4, 0.5) is 0 Å². The third kappa shape index (κ3) is 14.7. The number of phosphoric ester groups is 1. The number of rotatable bonds is 17. The average Bonchev–Trinajstić information content (AvgIpc) is 2.64. The van der Waals surface area contributed by atoms with Crippen LogP contribution in [0.3, 0.4) is 0 Å². The molecular formula is C22H45O4P. The molecule has 0 aliphatic heterocycles. The van der Waals surface area contributed by atoms with Crippen LogP contribution in [-0.4, -0.2) is 15.9 Å². The molecule has 4 nitrogen and oxygen atoms in total. The zero-order valence-corrected chi connectivity index (χ0v) is 18.6. The van der Waals surface area contributed by atoms with Crippen molar-refractivity contribution in [2.75, 3.05) is 0 Å². The van der Waals surface area contributed by atoms with Crippen LogP contribution < -0.4 is 0 Å². The summed E-state index contributed by atoms with van der Waals surface area (Å²) in [5.74, 6) is 0.337. The number of hydrogen-bond acceptors (Lipinski definition) is 2. The molecule has 0 spiro atoms. The fourth-order valence-corrected chi connectivity index (χ4v) is 5.05. The van der Waals surface area contributed by atoms with Gasteiger partial charge in [-0.15, -0.1) is 0 Å². The van der Waals surface area contributed by atoms with Crippen LogP contribution in [0, 0.1) is 5.92 Å². The van der Waals surface area contributed by atoms with Gasteiger partial charge in [0.2, 0.25) is 0 Å². The Morgan fingerprint density at radius 1 is 0.778 bits per heavy atom. The van der Waals surface area contributed by atoms with Gasteiger partial charge in [-0.05, 0) is 25.2 Å². The van der Waals surface area contributed by atoms with E-state index in [1.807, 2.05) is 0 Å². The van der Waals surface area contributed by atoms with Crippen molar-refractivity contribution >= 4 is 7.82 Å². The van der Waals surface area contributed by atoms with Crippen LogP contribution in [0.1, 0.15) is 129 Å². The summed E-state index contributed by atoms with van der Waals surface area (Å²) in [5.41, 5.74) is 0. The second-order valence-corrected chi connectivity index (χ2v) is 9.76. The van der Waals surface area contributed by atoms with Crippen molar-refractivity contribution in [3.8, 4) is 0 Å². The van der Waals surface area contributed by atoms with E-state index in [-0.39, 0.29) is 6.10 Å². The summed E-state index contributed by atoms with van der Waals surface area (Å²) in [6.45, 7) is 2.26. The monoisotopic (exact) mass is 404 g/mol. The molecule has 5 heteroatoms. The Labute approximate surface area is 168 Å². The van der Waals surface area contributed by atoms with Gasteiger partial charge < -0.3 is 9.79 Å². The Kier molecular flexibility index (Phi) is 14.9. The summed E-state index contributed by atoms with van der Waals surface area (Å²) in [5, 5.41) is 0. The van der Waals surface area contributed by atoms with E-state index in [1.165, 1.54) is 89.9 Å². The van der Waals surface area contributed by atoms with E-state index in [4.69, 9.17) is 4.52 Å². The molecule has 2 N–H and O–H groups in total. The fraction of sp³-hybridized carbons (Fsp3) is 1.00.